The topological polar surface area (TPSA) is 163 Å². The zero-order valence-corrected chi connectivity index (χ0v) is 16.1. The van der Waals surface area contributed by atoms with Crippen LogP contribution in [0.5, 0.6) is 5.75 Å². The van der Waals surface area contributed by atoms with Crippen molar-refractivity contribution >= 4 is 17.9 Å². The van der Waals surface area contributed by atoms with Crippen molar-refractivity contribution in [3.05, 3.63) is 65.7 Å². The van der Waals surface area contributed by atoms with Crippen LogP contribution in [0.2, 0.25) is 0 Å². The van der Waals surface area contributed by atoms with Crippen LogP contribution in [-0.2, 0) is 27.4 Å². The van der Waals surface area contributed by atoms with E-state index < -0.39 is 36.6 Å². The van der Waals surface area contributed by atoms with Crippen LogP contribution < -0.4 is 21.9 Å². The molecule has 2 atom stereocenters. The largest absolute Gasteiger partial charge is 0.508 e. The summed E-state index contributed by atoms with van der Waals surface area (Å²) in [5.74, 6) is 3.78. The highest BCUT2D eigenvalue weighted by Crippen LogP contribution is 2.11. The first kappa shape index (κ1) is 22.7. The Labute approximate surface area is 173 Å². The van der Waals surface area contributed by atoms with Gasteiger partial charge >= 0.3 is 6.09 Å². The summed E-state index contributed by atoms with van der Waals surface area (Å²) in [6.07, 6.45) is -0.822. The number of hydrogen-bond donors (Lipinski definition) is 6. The highest BCUT2D eigenvalue weighted by Gasteiger charge is 2.26. The number of carbonyl (C=O) groups excluding carboxylic acids is 3. The summed E-state index contributed by atoms with van der Waals surface area (Å²) >= 11 is 0. The van der Waals surface area contributed by atoms with Crippen molar-refractivity contribution in [3.8, 4) is 5.75 Å². The zero-order chi connectivity index (χ0) is 21.9. The number of aliphatic hydroxyl groups excluding tert-OH is 1. The molecule has 2 aromatic carbocycles. The zero-order valence-electron chi connectivity index (χ0n) is 16.1. The molecule has 0 aliphatic rings. The maximum absolute atomic E-state index is 12.5. The Morgan fingerprint density at radius 1 is 0.900 bits per heavy atom. The van der Waals surface area contributed by atoms with Gasteiger partial charge in [-0.15, -0.1) is 0 Å². The maximum Gasteiger partial charge on any atom is 0.408 e. The third-order valence-electron chi connectivity index (χ3n) is 4.16. The maximum atomic E-state index is 12.5. The highest BCUT2D eigenvalue weighted by atomic mass is 16.5. The number of aromatic hydroxyl groups is 1. The number of ether oxygens (including phenoxy) is 1. The summed E-state index contributed by atoms with van der Waals surface area (Å²) in [6, 6.07) is 12.6. The summed E-state index contributed by atoms with van der Waals surface area (Å²) in [5, 5.41) is 23.5. The Morgan fingerprint density at radius 3 is 2.17 bits per heavy atom. The Kier molecular flexibility index (Phi) is 8.60. The summed E-state index contributed by atoms with van der Waals surface area (Å²) < 4.78 is 5.03. The van der Waals surface area contributed by atoms with Gasteiger partial charge in [0, 0.05) is 6.42 Å². The number of phenols is 1. The van der Waals surface area contributed by atoms with E-state index in [2.05, 4.69) is 10.6 Å². The average Bonchev–Trinajstić information content (AvgIpc) is 2.77. The monoisotopic (exact) mass is 416 g/mol. The molecule has 10 heteroatoms. The minimum absolute atomic E-state index is 0.00843. The predicted molar refractivity (Wildman–Crippen MR) is 107 cm³/mol. The van der Waals surface area contributed by atoms with Gasteiger partial charge in [-0.05, 0) is 23.3 Å². The lowest BCUT2D eigenvalue weighted by atomic mass is 10.0. The number of hydrogen-bond acceptors (Lipinski definition) is 7. The molecule has 10 nitrogen and oxygen atoms in total. The lowest BCUT2D eigenvalue weighted by Crippen LogP contribution is -2.56. The molecule has 3 amide bonds. The van der Waals surface area contributed by atoms with Gasteiger partial charge in [-0.1, -0.05) is 42.5 Å². The number of nitrogens with two attached hydrogens (primary N) is 1. The van der Waals surface area contributed by atoms with Crippen LogP contribution in [-0.4, -0.2) is 46.8 Å². The molecule has 160 valence electrons. The van der Waals surface area contributed by atoms with E-state index >= 15 is 0 Å². The van der Waals surface area contributed by atoms with Gasteiger partial charge in [0.1, 0.15) is 24.4 Å². The Morgan fingerprint density at radius 2 is 1.57 bits per heavy atom. The van der Waals surface area contributed by atoms with Gasteiger partial charge in [0.05, 0.1) is 6.61 Å². The number of hydrazine groups is 1. The first-order valence-corrected chi connectivity index (χ1v) is 9.09. The molecule has 0 spiro atoms. The Balaban J connectivity index is 1.94. The molecule has 0 heterocycles. The van der Waals surface area contributed by atoms with E-state index in [1.54, 1.807) is 36.4 Å². The summed E-state index contributed by atoms with van der Waals surface area (Å²) in [5.41, 5.74) is 3.37. The van der Waals surface area contributed by atoms with Crippen LogP contribution in [0.3, 0.4) is 0 Å². The summed E-state index contributed by atoms with van der Waals surface area (Å²) in [7, 11) is 0. The molecule has 0 aliphatic heterocycles. The highest BCUT2D eigenvalue weighted by molar-refractivity contribution is 5.91. The third-order valence-corrected chi connectivity index (χ3v) is 4.16. The predicted octanol–water partition coefficient (Wildman–Crippen LogP) is -0.303. The van der Waals surface area contributed by atoms with Gasteiger partial charge in [0.15, 0.2) is 0 Å². The quantitative estimate of drug-likeness (QED) is 0.186. The molecular weight excluding hydrogens is 392 g/mol. The van der Waals surface area contributed by atoms with Gasteiger partial charge in [0.2, 0.25) is 5.91 Å². The number of nitrogens with one attached hydrogen (secondary N) is 3. The van der Waals surface area contributed by atoms with Crippen molar-refractivity contribution < 1.29 is 29.3 Å². The van der Waals surface area contributed by atoms with E-state index in [0.29, 0.717) is 5.56 Å². The van der Waals surface area contributed by atoms with E-state index in [1.807, 2.05) is 11.5 Å². The van der Waals surface area contributed by atoms with Crippen molar-refractivity contribution in [2.45, 2.75) is 25.1 Å². The number of aliphatic hydroxyl groups is 1. The Bertz CT molecular complexity index is 844. The standard InChI is InChI=1S/C20H24N4O6/c21-24-19(28)16(10-13-6-8-15(26)9-7-13)22-18(27)17(11-25)23-20(29)30-12-14-4-2-1-3-5-14/h1-9,16-17,25-26H,10-12,21H2,(H,22,27)(H,23,29)(H,24,28)/t16-,17-/m1/s1. The molecule has 0 aliphatic carbocycles. The normalized spacial score (nSPS) is 12.3. The molecule has 0 radical (unpaired) electrons. The van der Waals surface area contributed by atoms with Crippen molar-refractivity contribution in [2.75, 3.05) is 6.61 Å². The molecule has 0 unspecified atom stereocenters. The second-order valence-corrected chi connectivity index (χ2v) is 6.38. The molecule has 30 heavy (non-hydrogen) atoms. The van der Waals surface area contributed by atoms with E-state index in [-0.39, 0.29) is 18.8 Å². The smallest absolute Gasteiger partial charge is 0.408 e. The van der Waals surface area contributed by atoms with Crippen LogP contribution in [0, 0.1) is 0 Å². The Hall–Kier alpha value is -3.63. The van der Waals surface area contributed by atoms with Crippen molar-refractivity contribution in [3.63, 3.8) is 0 Å². The van der Waals surface area contributed by atoms with Crippen LogP contribution in [0.4, 0.5) is 4.79 Å². The van der Waals surface area contributed by atoms with Gasteiger partial charge in [-0.25, -0.2) is 10.6 Å². The molecule has 2 rings (SSSR count). The molecule has 7 N–H and O–H groups in total. The fraction of sp³-hybridized carbons (Fsp3) is 0.250. The molecule has 0 saturated carbocycles. The van der Waals surface area contributed by atoms with Crippen molar-refractivity contribution in [1.29, 1.82) is 0 Å². The number of rotatable bonds is 9. The molecule has 0 aromatic heterocycles. The van der Waals surface area contributed by atoms with Gasteiger partial charge < -0.3 is 25.6 Å². The fourth-order valence-electron chi connectivity index (χ4n) is 2.55. The number of benzene rings is 2. The first-order chi connectivity index (χ1) is 14.4. The minimum atomic E-state index is -1.33. The van der Waals surface area contributed by atoms with E-state index in [4.69, 9.17) is 10.6 Å². The number of phenolic OH excluding ortho intramolecular Hbond substituents is 1. The lowest BCUT2D eigenvalue weighted by Gasteiger charge is -2.21. The molecule has 0 saturated heterocycles. The first-order valence-electron chi connectivity index (χ1n) is 9.09. The number of amides is 3. The molecule has 0 fully saturated rings. The van der Waals surface area contributed by atoms with E-state index in [0.717, 1.165) is 5.56 Å². The molecular formula is C20H24N4O6. The van der Waals surface area contributed by atoms with Gasteiger partial charge in [-0.2, -0.15) is 0 Å². The average molecular weight is 416 g/mol. The minimum Gasteiger partial charge on any atom is -0.508 e. The summed E-state index contributed by atoms with van der Waals surface area (Å²) in [4.78, 5) is 36.4. The number of alkyl carbamates (subject to hydrolysis) is 1. The van der Waals surface area contributed by atoms with Crippen LogP contribution in [0.15, 0.2) is 54.6 Å². The number of carbonyl (C=O) groups is 3. The SMILES string of the molecule is NNC(=O)[C@@H](Cc1ccc(O)cc1)NC(=O)[C@@H](CO)NC(=O)OCc1ccccc1. The second kappa shape index (κ2) is 11.4. The van der Waals surface area contributed by atoms with Gasteiger partial charge in [0.25, 0.3) is 5.91 Å². The fourth-order valence-corrected chi connectivity index (χ4v) is 2.55. The third kappa shape index (κ3) is 7.08. The molecule has 0 bridgehead atoms. The van der Waals surface area contributed by atoms with Crippen molar-refractivity contribution in [1.82, 2.24) is 16.1 Å². The van der Waals surface area contributed by atoms with E-state index in [9.17, 15) is 24.6 Å². The second-order valence-electron chi connectivity index (χ2n) is 6.38. The van der Waals surface area contributed by atoms with Crippen LogP contribution >= 0.6 is 0 Å². The van der Waals surface area contributed by atoms with Crippen molar-refractivity contribution in [2.24, 2.45) is 5.84 Å². The van der Waals surface area contributed by atoms with Crippen LogP contribution in [0.25, 0.3) is 0 Å². The van der Waals surface area contributed by atoms with Gasteiger partial charge in [-0.3, -0.25) is 15.0 Å². The summed E-state index contributed by atoms with van der Waals surface area (Å²) in [6.45, 7) is -0.714. The van der Waals surface area contributed by atoms with E-state index in [1.165, 1.54) is 12.1 Å². The molecule has 2 aromatic rings. The van der Waals surface area contributed by atoms with Crippen LogP contribution in [0.1, 0.15) is 11.1 Å². The lowest BCUT2D eigenvalue weighted by molar-refractivity contribution is -0.130.